The van der Waals surface area contributed by atoms with Crippen LogP contribution in [0, 0.1) is 0 Å². The molecule has 0 saturated heterocycles. The van der Waals surface area contributed by atoms with Crippen molar-refractivity contribution in [3.63, 3.8) is 0 Å². The lowest BCUT2D eigenvalue weighted by Crippen LogP contribution is -2.16. The van der Waals surface area contributed by atoms with Gasteiger partial charge in [-0.2, -0.15) is 11.3 Å². The molecule has 0 amide bonds. The first-order valence-electron chi connectivity index (χ1n) is 7.48. The monoisotopic (exact) mass is 303 g/mol. The molecule has 0 atom stereocenters. The summed E-state index contributed by atoms with van der Waals surface area (Å²) >= 11 is 1.69. The number of rotatable bonds is 8. The van der Waals surface area contributed by atoms with Gasteiger partial charge < -0.3 is 14.8 Å². The van der Waals surface area contributed by atoms with E-state index in [-0.39, 0.29) is 0 Å². The Labute approximate surface area is 129 Å². The third kappa shape index (κ3) is 3.99. The van der Waals surface area contributed by atoms with E-state index in [1.807, 2.05) is 19.1 Å². The third-order valence-corrected chi connectivity index (χ3v) is 4.21. The molecule has 112 valence electrons. The Kier molecular flexibility index (Phi) is 4.78. The average molecular weight is 303 g/mol. The number of benzene rings is 1. The zero-order valence-corrected chi connectivity index (χ0v) is 13.1. The first kappa shape index (κ1) is 14.4. The van der Waals surface area contributed by atoms with Crippen LogP contribution in [-0.4, -0.2) is 12.6 Å². The van der Waals surface area contributed by atoms with E-state index in [0.717, 1.165) is 18.0 Å². The van der Waals surface area contributed by atoms with Crippen molar-refractivity contribution in [1.82, 2.24) is 5.32 Å². The lowest BCUT2D eigenvalue weighted by Gasteiger charge is -2.16. The second-order valence-electron chi connectivity index (χ2n) is 5.25. The van der Waals surface area contributed by atoms with Crippen molar-refractivity contribution >= 4 is 11.3 Å². The molecule has 1 aromatic heterocycles. The average Bonchev–Trinajstić information content (AvgIpc) is 3.18. The largest absolute Gasteiger partial charge is 0.490 e. The molecule has 1 saturated carbocycles. The lowest BCUT2D eigenvalue weighted by atomic mass is 10.1. The molecule has 21 heavy (non-hydrogen) atoms. The molecule has 4 heteroatoms. The van der Waals surface area contributed by atoms with Crippen LogP contribution in [0.5, 0.6) is 11.5 Å². The number of para-hydroxylation sites is 1. The fourth-order valence-electron chi connectivity index (χ4n) is 2.21. The number of hydrogen-bond acceptors (Lipinski definition) is 4. The number of ether oxygens (including phenoxy) is 2. The summed E-state index contributed by atoms with van der Waals surface area (Å²) in [5, 5.41) is 7.73. The van der Waals surface area contributed by atoms with Crippen molar-refractivity contribution in [3.05, 3.63) is 46.2 Å². The van der Waals surface area contributed by atoms with E-state index in [9.17, 15) is 0 Å². The van der Waals surface area contributed by atoms with Crippen LogP contribution in [0.1, 0.15) is 30.9 Å². The summed E-state index contributed by atoms with van der Waals surface area (Å²) in [6, 6.07) is 8.90. The second-order valence-corrected chi connectivity index (χ2v) is 6.03. The predicted octanol–water partition coefficient (Wildman–Crippen LogP) is 3.98. The Morgan fingerprint density at radius 1 is 1.24 bits per heavy atom. The van der Waals surface area contributed by atoms with Crippen LogP contribution in [0.3, 0.4) is 0 Å². The van der Waals surface area contributed by atoms with Crippen LogP contribution >= 0.6 is 11.3 Å². The number of nitrogens with one attached hydrogen (secondary N) is 1. The van der Waals surface area contributed by atoms with E-state index in [1.54, 1.807) is 11.3 Å². The molecule has 1 fully saturated rings. The first-order valence-corrected chi connectivity index (χ1v) is 8.43. The summed E-state index contributed by atoms with van der Waals surface area (Å²) in [7, 11) is 0. The maximum absolute atomic E-state index is 6.06. The van der Waals surface area contributed by atoms with Crippen molar-refractivity contribution in [2.75, 3.05) is 6.61 Å². The summed E-state index contributed by atoms with van der Waals surface area (Å²) in [4.78, 5) is 0. The van der Waals surface area contributed by atoms with Gasteiger partial charge in [-0.1, -0.05) is 12.1 Å². The van der Waals surface area contributed by atoms with Crippen molar-refractivity contribution in [1.29, 1.82) is 0 Å². The zero-order valence-electron chi connectivity index (χ0n) is 12.3. The van der Waals surface area contributed by atoms with Crippen molar-refractivity contribution in [3.8, 4) is 11.5 Å². The standard InChI is InChI=1S/C17H21NO2S/c1-2-19-16-5-3-4-14(10-18-15-6-7-15)17(16)20-11-13-8-9-21-12-13/h3-5,8-9,12,15,18H,2,6-7,10-11H2,1H3. The van der Waals surface area contributed by atoms with Gasteiger partial charge in [0.25, 0.3) is 0 Å². The van der Waals surface area contributed by atoms with Gasteiger partial charge in [-0.15, -0.1) is 0 Å². The van der Waals surface area contributed by atoms with Gasteiger partial charge in [0, 0.05) is 18.2 Å². The van der Waals surface area contributed by atoms with E-state index in [2.05, 4.69) is 28.2 Å². The van der Waals surface area contributed by atoms with E-state index < -0.39 is 0 Å². The van der Waals surface area contributed by atoms with Gasteiger partial charge in [-0.05, 0) is 48.2 Å². The van der Waals surface area contributed by atoms with Crippen molar-refractivity contribution in [2.45, 2.75) is 39.0 Å². The summed E-state index contributed by atoms with van der Waals surface area (Å²) in [5.74, 6) is 1.71. The van der Waals surface area contributed by atoms with Gasteiger partial charge in [0.1, 0.15) is 6.61 Å². The smallest absolute Gasteiger partial charge is 0.166 e. The zero-order chi connectivity index (χ0) is 14.5. The fraction of sp³-hybridized carbons (Fsp3) is 0.412. The molecule has 2 aromatic rings. The lowest BCUT2D eigenvalue weighted by molar-refractivity contribution is 0.266. The third-order valence-electron chi connectivity index (χ3n) is 3.48. The normalized spacial score (nSPS) is 14.1. The highest BCUT2D eigenvalue weighted by atomic mass is 32.1. The van der Waals surface area contributed by atoms with Gasteiger partial charge in [0.2, 0.25) is 0 Å². The quantitative estimate of drug-likeness (QED) is 0.800. The minimum Gasteiger partial charge on any atom is -0.490 e. The van der Waals surface area contributed by atoms with Crippen LogP contribution in [0.2, 0.25) is 0 Å². The summed E-state index contributed by atoms with van der Waals surface area (Å²) in [6.45, 7) is 4.07. The Balaban J connectivity index is 1.74. The van der Waals surface area contributed by atoms with Gasteiger partial charge in [0.05, 0.1) is 6.61 Å². The molecule has 1 heterocycles. The highest BCUT2D eigenvalue weighted by Crippen LogP contribution is 2.33. The van der Waals surface area contributed by atoms with Crippen LogP contribution in [-0.2, 0) is 13.2 Å². The number of hydrogen-bond donors (Lipinski definition) is 1. The van der Waals surface area contributed by atoms with Crippen LogP contribution in [0.4, 0.5) is 0 Å². The Hall–Kier alpha value is -1.52. The van der Waals surface area contributed by atoms with Gasteiger partial charge in [-0.25, -0.2) is 0 Å². The Bertz CT molecular complexity index is 564. The molecule has 1 aromatic carbocycles. The van der Waals surface area contributed by atoms with Crippen LogP contribution in [0.25, 0.3) is 0 Å². The SMILES string of the molecule is CCOc1cccc(CNC2CC2)c1OCc1ccsc1. The predicted molar refractivity (Wildman–Crippen MR) is 86.1 cm³/mol. The molecule has 3 nitrogen and oxygen atoms in total. The van der Waals surface area contributed by atoms with Crippen LogP contribution in [0.15, 0.2) is 35.0 Å². The fourth-order valence-corrected chi connectivity index (χ4v) is 2.86. The van der Waals surface area contributed by atoms with Gasteiger partial charge in [0.15, 0.2) is 11.5 Å². The van der Waals surface area contributed by atoms with Crippen molar-refractivity contribution < 1.29 is 9.47 Å². The molecule has 0 bridgehead atoms. The minimum absolute atomic E-state index is 0.587. The molecule has 0 spiro atoms. The van der Waals surface area contributed by atoms with E-state index in [0.29, 0.717) is 19.3 Å². The molecular weight excluding hydrogens is 282 g/mol. The van der Waals surface area contributed by atoms with Crippen LogP contribution < -0.4 is 14.8 Å². The Morgan fingerprint density at radius 2 is 2.14 bits per heavy atom. The Morgan fingerprint density at radius 3 is 2.86 bits per heavy atom. The molecule has 1 N–H and O–H groups in total. The number of thiophene rings is 1. The summed E-state index contributed by atoms with van der Waals surface area (Å²) in [5.41, 5.74) is 2.37. The molecule has 3 rings (SSSR count). The topological polar surface area (TPSA) is 30.5 Å². The molecule has 0 unspecified atom stereocenters. The molecule has 1 aliphatic carbocycles. The van der Waals surface area contributed by atoms with E-state index in [1.165, 1.54) is 24.0 Å². The summed E-state index contributed by atoms with van der Waals surface area (Å²) in [6.07, 6.45) is 2.58. The first-order chi connectivity index (χ1) is 10.4. The summed E-state index contributed by atoms with van der Waals surface area (Å²) < 4.78 is 11.8. The highest BCUT2D eigenvalue weighted by Gasteiger charge is 2.21. The second kappa shape index (κ2) is 6.96. The maximum Gasteiger partial charge on any atom is 0.166 e. The van der Waals surface area contributed by atoms with Gasteiger partial charge in [-0.3, -0.25) is 0 Å². The molecule has 1 aliphatic rings. The molecule has 0 aliphatic heterocycles. The molecular formula is C17H21NO2S. The van der Waals surface area contributed by atoms with E-state index in [4.69, 9.17) is 9.47 Å². The van der Waals surface area contributed by atoms with Crippen molar-refractivity contribution in [2.24, 2.45) is 0 Å². The van der Waals surface area contributed by atoms with Gasteiger partial charge >= 0.3 is 0 Å². The van der Waals surface area contributed by atoms with E-state index >= 15 is 0 Å². The highest BCUT2D eigenvalue weighted by molar-refractivity contribution is 7.07. The maximum atomic E-state index is 6.06. The molecule has 0 radical (unpaired) electrons. The minimum atomic E-state index is 0.587.